The standard InChI is InChI=1S/C24H23FN6O4.C23H22ClFN6O3.C23H24N6O3.C22H20ClFN6O3/c1-11-3-4-14(7-15(11)25)27-22(33)20-12(2)19(17-6-13-5-16(13)31(17)20)21(32)23(34)28-24(9-35-10-24)18-8-26-30-29-18;1-11-5-6-13(18(25)17(11)24)27-21(33)19-12(2)16(14-4-3-9-31(14)19)20(32)22(34)28-23(7-8-23)15-10-26-30-29-15;1-13-5-3-6-15(11-13)25-21(31)19-14(2)18(16-7-4-10-29(16)19)20(30)22(32)26-23(8-9-23)17-12-24-28-27-17;1-11-17(19(31)21(33)27-22(6-7-22)16-10-25-29-28-16)15-3-2-8-30(15)18(11)20(32)26-14-9-12(23)4-5-13(14)24/h3-4,7-8,13,16H,5-6,9-10H2,1-2H3,(H,27,33)(H,28,34)(H,26,29,30);5-6,10H,3-4,7-9H2,1-2H3,(H,27,33)(H,28,34)(H,26,29,30);3,5-6,11-12H,4,7-10H2,1-2H3,(H,25,31)(H,26,32)(H,24,27,28);4-5,9-10H,2-3,6-8H2,1H3,(H,26,32)(H,27,33)(H,25,28,29)/t13-,16-;;;/m1.../s1. The SMILES string of the molecule is Cc1c(C(=O)C(=O)NC2(c3cn[nH]n3)CC2)c2n(c1C(=O)Nc1cc(Cl)ccc1F)CCC2.Cc1ccc(NC(=O)c2c(C)c(C(=O)C(=O)NC3(c4cn[nH]n4)CC3)c3n2CCC3)c(F)c1Cl.Cc1ccc(NC(=O)c2c(C)c(C(=O)C(=O)NC3(c4cn[nH]n4)COC3)c3n2[C@@H]2C[C@@H]2C3)cc1F.Cc1cccc(NC(=O)c2c(C)c(C(=O)C(=O)NC3(c4cn[nH]n4)CC3)c3n2CCC3)c1. The molecule has 0 unspecified atom stereocenters. The van der Waals surface area contributed by atoms with Gasteiger partial charge in [0.15, 0.2) is 5.82 Å². The molecular formula is C92H89Cl2F3N24O13. The molecule has 42 heteroatoms. The number of carbonyl (C=O) groups is 12. The molecule has 21 rings (SSSR count). The molecule has 0 bridgehead atoms. The first-order valence-electron chi connectivity index (χ1n) is 43.6. The number of halogens is 5. The highest BCUT2D eigenvalue weighted by atomic mass is 35.5. The number of nitrogens with zero attached hydrogens (tertiary/aromatic N) is 12. The third-order valence-electron chi connectivity index (χ3n) is 26.4. The second-order valence-electron chi connectivity index (χ2n) is 35.3. The van der Waals surface area contributed by atoms with E-state index in [0.717, 1.165) is 43.0 Å². The van der Waals surface area contributed by atoms with Crippen molar-refractivity contribution in [1.29, 1.82) is 0 Å². The number of Topliss-reactive ketones (excluding diaryl/α,β-unsaturated/α-hetero) is 4. The topological polar surface area (TPSA) is 496 Å². The van der Waals surface area contributed by atoms with E-state index in [-0.39, 0.29) is 74.7 Å². The van der Waals surface area contributed by atoms with E-state index >= 15 is 0 Å². The fourth-order valence-electron chi connectivity index (χ4n) is 18.9. The summed E-state index contributed by atoms with van der Waals surface area (Å²) in [6, 6.07) is 19.1. The van der Waals surface area contributed by atoms with Crippen molar-refractivity contribution in [3.63, 3.8) is 0 Å². The second-order valence-corrected chi connectivity index (χ2v) is 36.1. The molecule has 12 aromatic rings. The molecule has 8 aromatic heterocycles. The molecule has 9 aliphatic rings. The average molecular weight is 1870 g/mol. The maximum absolute atomic E-state index is 14.6. The minimum atomic E-state index is -0.922. The Hall–Kier alpha value is -14.7. The highest BCUT2D eigenvalue weighted by Gasteiger charge is 2.55. The number of H-pyrrole nitrogens is 4. The van der Waals surface area contributed by atoms with Crippen molar-refractivity contribution in [3.8, 4) is 0 Å². The van der Waals surface area contributed by atoms with E-state index < -0.39 is 104 Å². The molecule has 4 aliphatic carbocycles. The molecule has 37 nitrogen and oxygen atoms in total. The fraction of sp³-hybridized carbons (Fsp3) is 0.348. The Labute approximate surface area is 770 Å². The van der Waals surface area contributed by atoms with Crippen LogP contribution < -0.4 is 42.5 Å². The molecule has 5 fully saturated rings. The van der Waals surface area contributed by atoms with Gasteiger partial charge in [0.25, 0.3) is 70.4 Å². The van der Waals surface area contributed by atoms with E-state index in [4.69, 9.17) is 27.9 Å². The van der Waals surface area contributed by atoms with Crippen molar-refractivity contribution in [3.05, 3.63) is 255 Å². The number of fused-ring (bicyclic) bond motifs is 6. The molecule has 13 heterocycles. The van der Waals surface area contributed by atoms with Gasteiger partial charge in [0, 0.05) is 64.8 Å². The van der Waals surface area contributed by atoms with E-state index in [2.05, 4.69) is 104 Å². The molecule has 134 heavy (non-hydrogen) atoms. The lowest BCUT2D eigenvalue weighted by atomic mass is 9.92. The van der Waals surface area contributed by atoms with Gasteiger partial charge < -0.3 is 65.5 Å². The summed E-state index contributed by atoms with van der Waals surface area (Å²) in [5.74, 6) is -9.00. The number of hydrogen-bond donors (Lipinski definition) is 12. The lowest BCUT2D eigenvalue weighted by Crippen LogP contribution is -2.60. The molecule has 0 radical (unpaired) electrons. The molecular weight excluding hydrogens is 1780 g/mol. The van der Waals surface area contributed by atoms with E-state index in [1.807, 2.05) is 40.3 Å². The lowest BCUT2D eigenvalue weighted by molar-refractivity contribution is -0.130. The highest BCUT2D eigenvalue weighted by molar-refractivity contribution is 6.46. The number of rotatable bonds is 24. The summed E-state index contributed by atoms with van der Waals surface area (Å²) in [4.78, 5) is 158. The Morgan fingerprint density at radius 2 is 0.821 bits per heavy atom. The number of ether oxygens (including phenoxy) is 1. The van der Waals surface area contributed by atoms with Gasteiger partial charge in [0.05, 0.1) is 93.3 Å². The van der Waals surface area contributed by atoms with E-state index in [1.54, 1.807) is 75.1 Å². The van der Waals surface area contributed by atoms with Crippen LogP contribution in [0.4, 0.5) is 35.9 Å². The van der Waals surface area contributed by atoms with E-state index in [0.29, 0.717) is 191 Å². The van der Waals surface area contributed by atoms with Crippen molar-refractivity contribution < 1.29 is 75.4 Å². The third-order valence-corrected chi connectivity index (χ3v) is 27.1. The first-order valence-corrected chi connectivity index (χ1v) is 44.4. The monoisotopic (exact) mass is 1860 g/mol. The number of amides is 8. The minimum Gasteiger partial charge on any atom is -0.376 e. The van der Waals surface area contributed by atoms with Crippen LogP contribution >= 0.6 is 23.2 Å². The summed E-state index contributed by atoms with van der Waals surface area (Å²) in [6.45, 7) is 14.0. The maximum Gasteiger partial charge on any atom is 0.293 e. The molecule has 690 valence electrons. The summed E-state index contributed by atoms with van der Waals surface area (Å²) in [5.41, 5.74) is 9.01. The number of carbonyl (C=O) groups excluding carboxylic acids is 12. The second kappa shape index (κ2) is 35.1. The van der Waals surface area contributed by atoms with Crippen LogP contribution in [0.5, 0.6) is 0 Å². The number of nitrogens with one attached hydrogen (secondary N) is 12. The zero-order valence-corrected chi connectivity index (χ0v) is 74.9. The van der Waals surface area contributed by atoms with Gasteiger partial charge in [-0.05, 0) is 232 Å². The lowest BCUT2D eigenvalue weighted by Gasteiger charge is -2.39. The van der Waals surface area contributed by atoms with Crippen molar-refractivity contribution in [2.24, 2.45) is 5.92 Å². The van der Waals surface area contributed by atoms with Crippen LogP contribution in [-0.2, 0) is 91.4 Å². The van der Waals surface area contributed by atoms with Crippen LogP contribution in [0.2, 0.25) is 10.0 Å². The normalized spacial score (nSPS) is 17.1. The number of ketones is 4. The summed E-state index contributed by atoms with van der Waals surface area (Å²) >= 11 is 11.9. The quantitative estimate of drug-likeness (QED) is 0.0197. The Balaban J connectivity index is 0.000000119. The van der Waals surface area contributed by atoms with Gasteiger partial charge in [0.2, 0.25) is 0 Å². The van der Waals surface area contributed by atoms with E-state index in [9.17, 15) is 70.7 Å². The smallest absolute Gasteiger partial charge is 0.293 e. The van der Waals surface area contributed by atoms with Crippen LogP contribution in [0.3, 0.4) is 0 Å². The number of aryl methyl sites for hydroxylation is 3. The Morgan fingerprint density at radius 3 is 1.23 bits per heavy atom. The van der Waals surface area contributed by atoms with Crippen LogP contribution in [0, 0.1) is 71.8 Å². The number of aromatic nitrogens is 16. The minimum absolute atomic E-state index is 0.0533. The Bertz CT molecular complexity index is 6890. The number of aromatic amines is 4. The first-order chi connectivity index (χ1) is 64.2. The van der Waals surface area contributed by atoms with Crippen LogP contribution in [0.1, 0.15) is 238 Å². The highest BCUT2D eigenvalue weighted by Crippen LogP contribution is 2.55. The predicted octanol–water partition coefficient (Wildman–Crippen LogP) is 10.5. The molecule has 5 aliphatic heterocycles. The number of hydrogen-bond acceptors (Lipinski definition) is 21. The zero-order chi connectivity index (χ0) is 94.5. The van der Waals surface area contributed by atoms with E-state index in [1.165, 1.54) is 42.9 Å². The number of anilines is 4. The van der Waals surface area contributed by atoms with Crippen LogP contribution in [-0.4, -0.2) is 164 Å². The van der Waals surface area contributed by atoms with Crippen molar-refractivity contribution in [2.45, 2.75) is 186 Å². The summed E-state index contributed by atoms with van der Waals surface area (Å²) in [6.07, 6.45) is 15.7. The van der Waals surface area contributed by atoms with Gasteiger partial charge in [-0.3, -0.25) is 57.5 Å². The molecule has 0 spiro atoms. The summed E-state index contributed by atoms with van der Waals surface area (Å²) in [7, 11) is 0. The van der Waals surface area contributed by atoms with Crippen molar-refractivity contribution in [2.75, 3.05) is 34.5 Å². The van der Waals surface area contributed by atoms with Crippen molar-refractivity contribution in [1.82, 2.24) is 101 Å². The molecule has 12 N–H and O–H groups in total. The third kappa shape index (κ3) is 16.6. The maximum atomic E-state index is 14.6. The van der Waals surface area contributed by atoms with Crippen molar-refractivity contribution >= 4 is 116 Å². The summed E-state index contributed by atoms with van der Waals surface area (Å²) < 4.78 is 55.2. The molecule has 1 saturated heterocycles. The van der Waals surface area contributed by atoms with Crippen LogP contribution in [0.15, 0.2) is 97.6 Å². The summed E-state index contributed by atoms with van der Waals surface area (Å²) in [5, 5.41) is 63.6. The van der Waals surface area contributed by atoms with Gasteiger partial charge in [0.1, 0.15) is 62.7 Å². The van der Waals surface area contributed by atoms with Crippen LogP contribution in [0.25, 0.3) is 0 Å². The fourth-order valence-corrected chi connectivity index (χ4v) is 19.3. The Kier molecular flexibility index (Phi) is 23.6. The van der Waals surface area contributed by atoms with Gasteiger partial charge in [-0.1, -0.05) is 47.5 Å². The largest absolute Gasteiger partial charge is 0.376 e. The molecule has 8 amide bonds. The molecule has 4 aromatic carbocycles. The predicted molar refractivity (Wildman–Crippen MR) is 475 cm³/mol. The van der Waals surface area contributed by atoms with Gasteiger partial charge >= 0.3 is 0 Å². The molecule has 4 saturated carbocycles. The average Bonchev–Trinajstić information content (AvgIpc) is 1.53. The van der Waals surface area contributed by atoms with Gasteiger partial charge in [-0.2, -0.15) is 61.6 Å². The molecule has 2 atom stereocenters. The van der Waals surface area contributed by atoms with Gasteiger partial charge in [-0.15, -0.1) is 0 Å². The Morgan fingerprint density at radius 1 is 0.425 bits per heavy atom. The zero-order valence-electron chi connectivity index (χ0n) is 73.4. The number of benzene rings is 4. The van der Waals surface area contributed by atoms with Gasteiger partial charge in [-0.25, -0.2) is 13.2 Å². The first kappa shape index (κ1) is 89.9.